The summed E-state index contributed by atoms with van der Waals surface area (Å²) >= 11 is 0. The molecule has 2 aromatic heterocycles. The summed E-state index contributed by atoms with van der Waals surface area (Å²) in [5.74, 6) is 1.65. The van der Waals surface area contributed by atoms with Crippen LogP contribution in [0, 0.1) is 5.92 Å². The largest absolute Gasteiger partial charge is 0.497 e. The monoisotopic (exact) mass is 393 g/mol. The van der Waals surface area contributed by atoms with Crippen LogP contribution in [0.5, 0.6) is 5.75 Å². The van der Waals surface area contributed by atoms with Crippen molar-refractivity contribution in [3.63, 3.8) is 0 Å². The quantitative estimate of drug-likeness (QED) is 0.627. The number of carbonyl (C=O) groups excluding carboxylic acids is 1. The Kier molecular flexibility index (Phi) is 5.73. The van der Waals surface area contributed by atoms with Gasteiger partial charge in [0.05, 0.1) is 26.3 Å². The molecule has 0 N–H and O–H groups in total. The molecule has 0 radical (unpaired) electrons. The molecule has 1 aliphatic rings. The lowest BCUT2D eigenvalue weighted by atomic mass is 9.97. The van der Waals surface area contributed by atoms with Crippen molar-refractivity contribution >= 4 is 5.91 Å². The van der Waals surface area contributed by atoms with Gasteiger partial charge in [0.15, 0.2) is 0 Å². The molecule has 150 valence electrons. The zero-order chi connectivity index (χ0) is 20.1. The second-order valence-electron chi connectivity index (χ2n) is 7.13. The van der Waals surface area contributed by atoms with Crippen LogP contribution in [0.2, 0.25) is 0 Å². The predicted molar refractivity (Wildman–Crippen MR) is 105 cm³/mol. The van der Waals surface area contributed by atoms with Crippen molar-refractivity contribution in [2.45, 2.75) is 25.8 Å². The van der Waals surface area contributed by atoms with E-state index in [9.17, 15) is 4.79 Å². The van der Waals surface area contributed by atoms with Crippen LogP contribution in [-0.4, -0.2) is 61.2 Å². The lowest BCUT2D eigenvalue weighted by Crippen LogP contribution is -2.42. The number of nitrogens with zero attached hydrogens (tertiary/aromatic N) is 7. The number of amides is 1. The molecule has 9 nitrogen and oxygen atoms in total. The standard InChI is InChI=1S/C20H23N7O2/c1-29-17-6-2-4-15(10-17)11-19(28)26-9-3-5-16(13-26)14-27-24-20(23-25-27)18-12-21-7-8-22-18/h2,4,6-8,10,12,16H,3,5,9,11,13-14H2,1H3/t16-/m1/s1. The maximum absolute atomic E-state index is 12.8. The second-order valence-corrected chi connectivity index (χ2v) is 7.13. The summed E-state index contributed by atoms with van der Waals surface area (Å²) in [6.07, 6.45) is 7.20. The number of hydrogen-bond acceptors (Lipinski definition) is 7. The highest BCUT2D eigenvalue weighted by atomic mass is 16.5. The summed E-state index contributed by atoms with van der Waals surface area (Å²) in [6.45, 7) is 2.11. The van der Waals surface area contributed by atoms with Crippen molar-refractivity contribution in [1.29, 1.82) is 0 Å². The van der Waals surface area contributed by atoms with Gasteiger partial charge in [-0.15, -0.1) is 10.2 Å². The van der Waals surface area contributed by atoms with Gasteiger partial charge in [0, 0.05) is 25.5 Å². The number of rotatable bonds is 6. The van der Waals surface area contributed by atoms with Crippen LogP contribution < -0.4 is 4.74 Å². The minimum atomic E-state index is 0.134. The molecule has 1 atom stereocenters. The highest BCUT2D eigenvalue weighted by molar-refractivity contribution is 5.79. The van der Waals surface area contributed by atoms with Crippen molar-refractivity contribution < 1.29 is 9.53 Å². The van der Waals surface area contributed by atoms with Gasteiger partial charge in [-0.3, -0.25) is 9.78 Å². The fourth-order valence-corrected chi connectivity index (χ4v) is 3.58. The number of carbonyl (C=O) groups is 1. The summed E-state index contributed by atoms with van der Waals surface area (Å²) in [4.78, 5) is 24.5. The van der Waals surface area contributed by atoms with Gasteiger partial charge in [-0.05, 0) is 41.7 Å². The van der Waals surface area contributed by atoms with Gasteiger partial charge in [0.25, 0.3) is 0 Å². The van der Waals surface area contributed by atoms with E-state index in [-0.39, 0.29) is 5.91 Å². The van der Waals surface area contributed by atoms with Crippen LogP contribution in [0.25, 0.3) is 11.5 Å². The first-order valence-electron chi connectivity index (χ1n) is 9.66. The van der Waals surface area contributed by atoms with Crippen molar-refractivity contribution in [2.24, 2.45) is 5.92 Å². The Bertz CT molecular complexity index is 960. The molecule has 9 heteroatoms. The van der Waals surface area contributed by atoms with E-state index < -0.39 is 0 Å². The molecule has 29 heavy (non-hydrogen) atoms. The first kappa shape index (κ1) is 19.0. The summed E-state index contributed by atoms with van der Waals surface area (Å²) in [5, 5.41) is 12.6. The lowest BCUT2D eigenvalue weighted by Gasteiger charge is -2.32. The molecule has 1 fully saturated rings. The Hall–Kier alpha value is -3.36. The number of methoxy groups -OCH3 is 1. The van der Waals surface area contributed by atoms with E-state index in [0.29, 0.717) is 36.9 Å². The normalized spacial score (nSPS) is 16.6. The Balaban J connectivity index is 1.36. The number of hydrogen-bond donors (Lipinski definition) is 0. The Morgan fingerprint density at radius 1 is 1.31 bits per heavy atom. The number of aromatic nitrogens is 6. The van der Waals surface area contributed by atoms with Crippen LogP contribution in [0.4, 0.5) is 0 Å². The third kappa shape index (κ3) is 4.74. The fourth-order valence-electron chi connectivity index (χ4n) is 3.58. The van der Waals surface area contributed by atoms with Crippen LogP contribution in [0.15, 0.2) is 42.9 Å². The summed E-state index contributed by atoms with van der Waals surface area (Å²) < 4.78 is 5.24. The zero-order valence-electron chi connectivity index (χ0n) is 16.3. The van der Waals surface area contributed by atoms with Gasteiger partial charge in [-0.2, -0.15) is 4.80 Å². The van der Waals surface area contributed by atoms with E-state index >= 15 is 0 Å². The molecule has 0 bridgehead atoms. The minimum Gasteiger partial charge on any atom is -0.497 e. The maximum atomic E-state index is 12.8. The minimum absolute atomic E-state index is 0.134. The van der Waals surface area contributed by atoms with E-state index in [4.69, 9.17) is 4.74 Å². The molecular formula is C20H23N7O2. The van der Waals surface area contributed by atoms with E-state index in [1.54, 1.807) is 30.5 Å². The van der Waals surface area contributed by atoms with Crippen LogP contribution in [-0.2, 0) is 17.8 Å². The van der Waals surface area contributed by atoms with Gasteiger partial charge in [0.2, 0.25) is 11.7 Å². The lowest BCUT2D eigenvalue weighted by molar-refractivity contribution is -0.132. The first-order valence-corrected chi connectivity index (χ1v) is 9.66. The summed E-state index contributed by atoms with van der Waals surface area (Å²) in [7, 11) is 1.63. The number of piperidine rings is 1. The highest BCUT2D eigenvalue weighted by Gasteiger charge is 2.25. The van der Waals surface area contributed by atoms with Gasteiger partial charge >= 0.3 is 0 Å². The van der Waals surface area contributed by atoms with E-state index in [0.717, 1.165) is 30.7 Å². The Labute approximate surface area is 168 Å². The third-order valence-corrected chi connectivity index (χ3v) is 5.03. The Morgan fingerprint density at radius 3 is 3.07 bits per heavy atom. The molecule has 0 spiro atoms. The van der Waals surface area contributed by atoms with Crippen molar-refractivity contribution in [2.75, 3.05) is 20.2 Å². The Morgan fingerprint density at radius 2 is 2.24 bits per heavy atom. The molecule has 0 aliphatic carbocycles. The molecule has 1 aromatic carbocycles. The van der Waals surface area contributed by atoms with E-state index in [2.05, 4.69) is 25.4 Å². The molecule has 1 aliphatic heterocycles. The molecule has 3 aromatic rings. The molecular weight excluding hydrogens is 370 g/mol. The number of likely N-dealkylation sites (tertiary alicyclic amines) is 1. The highest BCUT2D eigenvalue weighted by Crippen LogP contribution is 2.20. The summed E-state index contributed by atoms with van der Waals surface area (Å²) in [5.41, 5.74) is 1.56. The van der Waals surface area contributed by atoms with Gasteiger partial charge in [0.1, 0.15) is 11.4 Å². The number of benzene rings is 1. The summed E-state index contributed by atoms with van der Waals surface area (Å²) in [6, 6.07) is 7.65. The zero-order valence-corrected chi connectivity index (χ0v) is 16.3. The van der Waals surface area contributed by atoms with Crippen molar-refractivity contribution in [3.05, 3.63) is 48.4 Å². The molecule has 3 heterocycles. The fraction of sp³-hybridized carbons (Fsp3) is 0.400. The van der Waals surface area contributed by atoms with Gasteiger partial charge < -0.3 is 9.64 Å². The SMILES string of the molecule is COc1cccc(CC(=O)N2CCC[C@@H](Cn3nnc(-c4cnccn4)n3)C2)c1. The molecule has 1 saturated heterocycles. The van der Waals surface area contributed by atoms with Crippen molar-refractivity contribution in [3.8, 4) is 17.3 Å². The average Bonchev–Trinajstić information content (AvgIpc) is 3.23. The van der Waals surface area contributed by atoms with Gasteiger partial charge in [-0.25, -0.2) is 4.98 Å². The van der Waals surface area contributed by atoms with E-state index in [1.165, 1.54) is 0 Å². The average molecular weight is 393 g/mol. The number of ether oxygens (including phenoxy) is 1. The van der Waals surface area contributed by atoms with Gasteiger partial charge in [-0.1, -0.05) is 12.1 Å². The molecule has 0 unspecified atom stereocenters. The number of tetrazole rings is 1. The second kappa shape index (κ2) is 8.76. The van der Waals surface area contributed by atoms with Crippen molar-refractivity contribution in [1.82, 2.24) is 35.1 Å². The van der Waals surface area contributed by atoms with Crippen LogP contribution in [0.3, 0.4) is 0 Å². The van der Waals surface area contributed by atoms with Crippen LogP contribution in [0.1, 0.15) is 18.4 Å². The molecule has 1 amide bonds. The van der Waals surface area contributed by atoms with Crippen LogP contribution >= 0.6 is 0 Å². The molecule has 4 rings (SSSR count). The third-order valence-electron chi connectivity index (χ3n) is 5.03. The predicted octanol–water partition coefficient (Wildman–Crippen LogP) is 1.62. The first-order chi connectivity index (χ1) is 14.2. The maximum Gasteiger partial charge on any atom is 0.227 e. The molecule has 0 saturated carbocycles. The topological polar surface area (TPSA) is 98.9 Å². The smallest absolute Gasteiger partial charge is 0.227 e. The van der Waals surface area contributed by atoms with E-state index in [1.807, 2.05) is 29.2 Å².